The minimum absolute atomic E-state index is 0.0166. The maximum absolute atomic E-state index is 15.2. The van der Waals surface area contributed by atoms with Crippen molar-refractivity contribution in [2.75, 3.05) is 27.2 Å². The molecule has 1 unspecified atom stereocenters. The Bertz CT molecular complexity index is 841. The minimum atomic E-state index is -0.311. The van der Waals surface area contributed by atoms with Gasteiger partial charge in [-0.1, -0.05) is 6.07 Å². The average Bonchev–Trinajstić information content (AvgIpc) is 3.03. The molecule has 1 aromatic carbocycles. The van der Waals surface area contributed by atoms with Gasteiger partial charge in [-0.25, -0.2) is 4.39 Å². The molecule has 0 saturated carbocycles. The van der Waals surface area contributed by atoms with E-state index in [-0.39, 0.29) is 23.5 Å². The normalized spacial score (nSPS) is 17.8. The highest BCUT2D eigenvalue weighted by atomic mass is 19.1. The van der Waals surface area contributed by atoms with Gasteiger partial charge in [0.25, 0.3) is 5.91 Å². The van der Waals surface area contributed by atoms with Gasteiger partial charge in [0.2, 0.25) is 5.91 Å². The summed E-state index contributed by atoms with van der Waals surface area (Å²) >= 11 is 0. The number of carbonyl (C=O) groups is 2. The van der Waals surface area contributed by atoms with Crippen LogP contribution in [0.2, 0.25) is 0 Å². The number of rotatable bonds is 2. The quantitative estimate of drug-likeness (QED) is 0.909. The van der Waals surface area contributed by atoms with Crippen molar-refractivity contribution in [2.24, 2.45) is 0 Å². The Labute approximate surface area is 146 Å². The van der Waals surface area contributed by atoms with E-state index in [1.807, 2.05) is 13.0 Å². The number of benzene rings is 1. The summed E-state index contributed by atoms with van der Waals surface area (Å²) in [6.07, 6.45) is 1.73. The third-order valence-corrected chi connectivity index (χ3v) is 5.03. The molecule has 1 fully saturated rings. The van der Waals surface area contributed by atoms with E-state index in [2.05, 4.69) is 4.98 Å². The summed E-state index contributed by atoms with van der Waals surface area (Å²) in [7, 11) is 3.34. The molecule has 0 bridgehead atoms. The highest BCUT2D eigenvalue weighted by Crippen LogP contribution is 2.34. The molecule has 1 aromatic heterocycles. The summed E-state index contributed by atoms with van der Waals surface area (Å²) in [6, 6.07) is 3.58. The van der Waals surface area contributed by atoms with Gasteiger partial charge >= 0.3 is 0 Å². The van der Waals surface area contributed by atoms with Crippen LogP contribution in [0.25, 0.3) is 10.9 Å². The molecule has 0 aliphatic carbocycles. The maximum atomic E-state index is 15.2. The van der Waals surface area contributed by atoms with Crippen LogP contribution in [0.15, 0.2) is 12.1 Å². The first-order chi connectivity index (χ1) is 11.8. The van der Waals surface area contributed by atoms with E-state index in [9.17, 15) is 9.59 Å². The van der Waals surface area contributed by atoms with Crippen molar-refractivity contribution < 1.29 is 14.0 Å². The fourth-order valence-corrected chi connectivity index (χ4v) is 3.63. The van der Waals surface area contributed by atoms with Crippen molar-refractivity contribution in [3.8, 4) is 0 Å². The van der Waals surface area contributed by atoms with Crippen LogP contribution < -0.4 is 0 Å². The van der Waals surface area contributed by atoms with E-state index in [0.717, 1.165) is 30.3 Å². The van der Waals surface area contributed by atoms with Crippen molar-refractivity contribution in [3.63, 3.8) is 0 Å². The average molecular weight is 345 g/mol. The lowest BCUT2D eigenvalue weighted by Crippen LogP contribution is -2.37. The molecular weight excluding hydrogens is 321 g/mol. The molecule has 2 aromatic rings. The number of amides is 2. The van der Waals surface area contributed by atoms with Gasteiger partial charge in [-0.3, -0.25) is 9.59 Å². The lowest BCUT2D eigenvalue weighted by Gasteiger charge is -2.32. The number of piperidine rings is 1. The SMILES string of the molecule is CC(=O)N1CCCC(c2cc(C)c3cc(C(=O)N(C)C)[nH]c3c2F)C1. The molecule has 1 N–H and O–H groups in total. The number of halogens is 1. The zero-order valence-electron chi connectivity index (χ0n) is 15.1. The van der Waals surface area contributed by atoms with Crippen LogP contribution in [0.3, 0.4) is 0 Å². The van der Waals surface area contributed by atoms with E-state index >= 15 is 4.39 Å². The van der Waals surface area contributed by atoms with Crippen LogP contribution in [0.1, 0.15) is 47.3 Å². The van der Waals surface area contributed by atoms with E-state index < -0.39 is 0 Å². The molecular formula is C19H24FN3O2. The largest absolute Gasteiger partial charge is 0.348 e. The number of hydrogen-bond acceptors (Lipinski definition) is 2. The highest BCUT2D eigenvalue weighted by molar-refractivity contribution is 5.99. The van der Waals surface area contributed by atoms with Crippen molar-refractivity contribution in [2.45, 2.75) is 32.6 Å². The van der Waals surface area contributed by atoms with Gasteiger partial charge in [0.05, 0.1) is 5.52 Å². The Morgan fingerprint density at radius 2 is 2.04 bits per heavy atom. The number of carbonyl (C=O) groups excluding carboxylic acids is 2. The maximum Gasteiger partial charge on any atom is 0.269 e. The molecule has 1 aliphatic rings. The summed E-state index contributed by atoms with van der Waals surface area (Å²) in [5, 5.41) is 0.727. The number of likely N-dealkylation sites (tertiary alicyclic amines) is 1. The fraction of sp³-hybridized carbons (Fsp3) is 0.474. The Kier molecular flexibility index (Phi) is 4.54. The summed E-state index contributed by atoms with van der Waals surface area (Å²) < 4.78 is 15.2. The molecule has 2 amide bonds. The third kappa shape index (κ3) is 3.13. The molecule has 1 saturated heterocycles. The number of aromatic nitrogens is 1. The first-order valence-corrected chi connectivity index (χ1v) is 8.58. The van der Waals surface area contributed by atoms with Gasteiger partial charge in [0.1, 0.15) is 5.69 Å². The lowest BCUT2D eigenvalue weighted by atomic mass is 9.88. The van der Waals surface area contributed by atoms with Crippen LogP contribution in [0.5, 0.6) is 0 Å². The highest BCUT2D eigenvalue weighted by Gasteiger charge is 2.27. The Hall–Kier alpha value is -2.37. The predicted octanol–water partition coefficient (Wildman–Crippen LogP) is 3.04. The Morgan fingerprint density at radius 3 is 2.68 bits per heavy atom. The van der Waals surface area contributed by atoms with Gasteiger partial charge < -0.3 is 14.8 Å². The molecule has 6 heteroatoms. The molecule has 0 radical (unpaired) electrons. The summed E-state index contributed by atoms with van der Waals surface area (Å²) in [5.41, 5.74) is 2.32. The van der Waals surface area contributed by atoms with Gasteiger partial charge in [-0.2, -0.15) is 0 Å². The standard InChI is InChI=1S/C19H24FN3O2/c1-11-8-15(13-6-5-7-23(10-13)12(2)24)17(20)18-14(11)9-16(21-18)19(25)22(3)4/h8-9,13,21H,5-7,10H2,1-4H3. The number of nitrogens with one attached hydrogen (secondary N) is 1. The second kappa shape index (κ2) is 6.50. The van der Waals surface area contributed by atoms with Gasteiger partial charge in [0.15, 0.2) is 5.82 Å². The van der Waals surface area contributed by atoms with Gasteiger partial charge in [-0.15, -0.1) is 0 Å². The van der Waals surface area contributed by atoms with Crippen LogP contribution in [-0.4, -0.2) is 53.8 Å². The lowest BCUT2D eigenvalue weighted by molar-refractivity contribution is -0.130. The first kappa shape index (κ1) is 17.5. The van der Waals surface area contributed by atoms with Crippen LogP contribution in [-0.2, 0) is 4.79 Å². The second-order valence-electron chi connectivity index (χ2n) is 7.07. The van der Waals surface area contributed by atoms with Gasteiger partial charge in [-0.05, 0) is 37.0 Å². The second-order valence-corrected chi connectivity index (χ2v) is 7.07. The molecule has 3 rings (SSSR count). The van der Waals surface area contributed by atoms with E-state index in [4.69, 9.17) is 0 Å². The zero-order chi connectivity index (χ0) is 18.3. The van der Waals surface area contributed by atoms with E-state index in [1.54, 1.807) is 32.0 Å². The van der Waals surface area contributed by atoms with Gasteiger partial charge in [0, 0.05) is 45.4 Å². The van der Waals surface area contributed by atoms with E-state index in [1.165, 1.54) is 4.90 Å². The van der Waals surface area contributed by atoms with Crippen molar-refractivity contribution in [1.82, 2.24) is 14.8 Å². The zero-order valence-corrected chi connectivity index (χ0v) is 15.1. The summed E-state index contributed by atoms with van der Waals surface area (Å²) in [6.45, 7) is 4.76. The molecule has 5 nitrogen and oxygen atoms in total. The van der Waals surface area contributed by atoms with Crippen LogP contribution in [0.4, 0.5) is 4.39 Å². The first-order valence-electron chi connectivity index (χ1n) is 8.58. The molecule has 25 heavy (non-hydrogen) atoms. The summed E-state index contributed by atoms with van der Waals surface area (Å²) in [4.78, 5) is 30.0. The Balaban J connectivity index is 2.04. The molecule has 2 heterocycles. The number of aromatic amines is 1. The summed E-state index contributed by atoms with van der Waals surface area (Å²) in [5.74, 6) is -0.482. The van der Waals surface area contributed by atoms with Crippen molar-refractivity contribution in [3.05, 3.63) is 34.8 Å². The third-order valence-electron chi connectivity index (χ3n) is 5.03. The van der Waals surface area contributed by atoms with Crippen LogP contribution in [0, 0.1) is 12.7 Å². The predicted molar refractivity (Wildman–Crippen MR) is 95.2 cm³/mol. The number of hydrogen-bond donors (Lipinski definition) is 1. The van der Waals surface area contributed by atoms with Crippen molar-refractivity contribution in [1.29, 1.82) is 0 Å². The van der Waals surface area contributed by atoms with Crippen LogP contribution >= 0.6 is 0 Å². The number of H-pyrrole nitrogens is 1. The minimum Gasteiger partial charge on any atom is -0.348 e. The topological polar surface area (TPSA) is 56.4 Å². The molecule has 134 valence electrons. The fourth-order valence-electron chi connectivity index (χ4n) is 3.63. The molecule has 0 spiro atoms. The number of aryl methyl sites for hydroxylation is 1. The number of nitrogens with zero attached hydrogens (tertiary/aromatic N) is 2. The Morgan fingerprint density at radius 1 is 1.32 bits per heavy atom. The van der Waals surface area contributed by atoms with E-state index in [0.29, 0.717) is 23.3 Å². The molecule has 1 atom stereocenters. The monoisotopic (exact) mass is 345 g/mol. The molecule has 1 aliphatic heterocycles. The van der Waals surface area contributed by atoms with Crippen molar-refractivity contribution >= 4 is 22.7 Å². The number of fused-ring (bicyclic) bond motifs is 1. The smallest absolute Gasteiger partial charge is 0.269 e.